The van der Waals surface area contributed by atoms with Crippen molar-refractivity contribution in [3.05, 3.63) is 30.3 Å². The van der Waals surface area contributed by atoms with Crippen LogP contribution in [0.1, 0.15) is 213 Å². The van der Waals surface area contributed by atoms with Crippen LogP contribution in [0.15, 0.2) is 35.2 Å². The number of hydrogen-bond acceptors (Lipinski definition) is 6. The van der Waals surface area contributed by atoms with Gasteiger partial charge in [0.15, 0.2) is 0 Å². The fourth-order valence-corrected chi connectivity index (χ4v) is 5.70. The summed E-state index contributed by atoms with van der Waals surface area (Å²) in [5.41, 5.74) is 0. The molecule has 0 spiro atoms. The molecule has 0 saturated carbocycles. The van der Waals surface area contributed by atoms with E-state index in [0.717, 1.165) is 25.7 Å². The van der Waals surface area contributed by atoms with Crippen LogP contribution >= 0.6 is 0 Å². The third kappa shape index (κ3) is 57.9. The number of carbonyl (C=O) groups is 1. The van der Waals surface area contributed by atoms with Crippen molar-refractivity contribution in [1.29, 1.82) is 0 Å². The van der Waals surface area contributed by atoms with Crippen molar-refractivity contribution in [3.63, 3.8) is 0 Å². The topological polar surface area (TPSA) is 143 Å². The molecule has 0 atom stereocenters. The van der Waals surface area contributed by atoms with E-state index in [9.17, 15) is 22.8 Å². The zero-order valence-corrected chi connectivity index (χ0v) is 36.6. The van der Waals surface area contributed by atoms with Crippen LogP contribution in [0.4, 0.5) is 0 Å². The molecule has 0 aliphatic rings. The van der Waals surface area contributed by atoms with E-state index in [-0.39, 0.29) is 4.90 Å². The Balaban J connectivity index is -0.000000292. The summed E-state index contributed by atoms with van der Waals surface area (Å²) in [6.07, 6.45) is 40.2. The monoisotopic (exact) mass is 830 g/mol. The van der Waals surface area contributed by atoms with Crippen molar-refractivity contribution in [2.24, 2.45) is 0 Å². The van der Waals surface area contributed by atoms with Gasteiger partial charge in [-0.2, -0.15) is 21.3 Å². The molecule has 302 valence electrons. The number of unbranched alkanes of at least 4 members (excludes halogenated alkanes) is 26. The van der Waals surface area contributed by atoms with Gasteiger partial charge in [0.05, 0.1) is 4.90 Å². The number of rotatable bonds is 31. The van der Waals surface area contributed by atoms with Gasteiger partial charge in [0.1, 0.15) is 0 Å². The van der Waals surface area contributed by atoms with Crippen molar-refractivity contribution in [2.45, 2.75) is 218 Å². The van der Waals surface area contributed by atoms with Crippen LogP contribution < -0.4 is 0 Å². The van der Waals surface area contributed by atoms with Crippen LogP contribution in [0.25, 0.3) is 0 Å². The summed E-state index contributed by atoms with van der Waals surface area (Å²) >= 11 is 0.300. The molecule has 2 N–H and O–H groups in total. The van der Waals surface area contributed by atoms with Crippen LogP contribution in [0.3, 0.4) is 0 Å². The second-order valence-corrected chi connectivity index (χ2v) is 14.6. The van der Waals surface area contributed by atoms with Crippen molar-refractivity contribution in [3.8, 4) is 0 Å². The first-order chi connectivity index (χ1) is 25.2. The van der Waals surface area contributed by atoms with Crippen LogP contribution in [0, 0.1) is 0 Å². The number of hydrogen-bond donors (Lipinski definition) is 2. The maximum atomic E-state index is 10.4. The van der Waals surface area contributed by atoms with E-state index in [4.69, 9.17) is 12.5 Å². The molecule has 0 radical (unpaired) electrons. The normalized spacial score (nSPS) is 10.2. The molecule has 0 aliphatic carbocycles. The molecule has 0 saturated heterocycles. The van der Waals surface area contributed by atoms with E-state index in [0.29, 0.717) is 44.0 Å². The first kappa shape index (κ1) is 57.3. The van der Waals surface area contributed by atoms with Crippen molar-refractivity contribution >= 4 is 28.7 Å². The molecule has 0 heterocycles. The molecule has 0 unspecified atom stereocenters. The molecule has 0 aromatic heterocycles. The second kappa shape index (κ2) is 51.7. The minimum absolute atomic E-state index is 0.0741. The molecule has 0 amide bonds. The Bertz CT molecular complexity index is 919. The third-order valence-electron chi connectivity index (χ3n) is 8.30. The second-order valence-electron chi connectivity index (χ2n) is 13.2. The Morgan fingerprint density at radius 3 is 1.02 bits per heavy atom. The molecule has 1 aromatic rings. The van der Waals surface area contributed by atoms with Crippen LogP contribution in [-0.4, -0.2) is 36.6 Å². The number of aliphatic carboxylic acids is 1. The van der Waals surface area contributed by atoms with Crippen molar-refractivity contribution in [1.82, 2.24) is 0 Å². The van der Waals surface area contributed by atoms with Crippen molar-refractivity contribution in [2.75, 3.05) is 0 Å². The fraction of sp³-hybridized carbons (Fsp3) is 0.786. The van der Waals surface area contributed by atoms with Gasteiger partial charge in [-0.05, 0) is 18.6 Å². The standard InChI is InChI=1S/C12H24O2.2C12H23O.C6H6O3S.O.Zr/c1-2-3-4-5-6-7-8-9-10-11-12(13)14;2*1-2-3-4-5-6-7-8-9-10-11-12-13;7-10(8,9)6-4-2-1-3-5-6;;/h2-11H2,1H3,(H,13,14);2*2-11H2,1H3;1-5H,(H,7,8,9);;/q;2*-1;;;+2. The predicted octanol–water partition coefficient (Wildman–Crippen LogP) is 12.8. The number of carboxylic acids is 1. The van der Waals surface area contributed by atoms with E-state index >= 15 is 0 Å². The molecular weight excluding hydrogens is 756 g/mol. The fourth-order valence-electron chi connectivity index (χ4n) is 5.20. The quantitative estimate of drug-likeness (QED) is 0.0428. The molecule has 8 nitrogen and oxygen atoms in total. The summed E-state index contributed by atoms with van der Waals surface area (Å²) < 4.78 is 37.6. The molecular formula is C42H76O8SZr. The Hall–Kier alpha value is -1.38. The SMILES string of the molecule is CCCCCCCCCCCC(=O)O.CCCCCCCCCCC[C-]=O.CCCCCCCCCCC[C-]=O.O=S(=O)(O)c1ccccc1.[O]=[Zr+2]. The van der Waals surface area contributed by atoms with E-state index in [1.165, 1.54) is 160 Å². The van der Waals surface area contributed by atoms with Crippen molar-refractivity contribution < 1.29 is 60.0 Å². The van der Waals surface area contributed by atoms with Gasteiger partial charge < -0.3 is 14.7 Å². The third-order valence-corrected chi connectivity index (χ3v) is 9.17. The van der Waals surface area contributed by atoms with Gasteiger partial charge in [0, 0.05) is 6.42 Å². The number of carboxylic acid groups (broad SMARTS) is 1. The molecule has 0 aliphatic heterocycles. The average molecular weight is 832 g/mol. The van der Waals surface area contributed by atoms with Gasteiger partial charge in [-0.3, -0.25) is 21.9 Å². The summed E-state index contributed by atoms with van der Waals surface area (Å²) in [6, 6.07) is 7.42. The molecule has 0 bridgehead atoms. The summed E-state index contributed by atoms with van der Waals surface area (Å²) in [6.45, 7) is 6.72. The molecule has 1 rings (SSSR count). The maximum absolute atomic E-state index is 10.4. The molecule has 1 aromatic carbocycles. The molecule has 52 heavy (non-hydrogen) atoms. The summed E-state index contributed by atoms with van der Waals surface area (Å²) in [7, 11) is -4.00. The Labute approximate surface area is 335 Å². The zero-order chi connectivity index (χ0) is 39.8. The van der Waals surface area contributed by atoms with Gasteiger partial charge in [-0.15, -0.1) is 0 Å². The summed E-state index contributed by atoms with van der Waals surface area (Å²) in [5.74, 6) is -0.659. The number of benzene rings is 1. The molecule has 10 heteroatoms. The van der Waals surface area contributed by atoms with E-state index in [1.807, 2.05) is 12.6 Å². The average Bonchev–Trinajstić information content (AvgIpc) is 3.14. The van der Waals surface area contributed by atoms with Gasteiger partial charge in [-0.25, -0.2) is 0 Å². The van der Waals surface area contributed by atoms with Crippen LogP contribution in [0.5, 0.6) is 0 Å². The number of carbonyl (C=O) groups excluding carboxylic acids is 2. The van der Waals surface area contributed by atoms with E-state index in [2.05, 4.69) is 20.8 Å². The zero-order valence-electron chi connectivity index (χ0n) is 33.4. The Morgan fingerprint density at radius 1 is 0.519 bits per heavy atom. The molecule has 0 fully saturated rings. The first-order valence-electron chi connectivity index (χ1n) is 20.4. The first-order valence-corrected chi connectivity index (χ1v) is 22.8. The van der Waals surface area contributed by atoms with E-state index in [1.54, 1.807) is 18.2 Å². The van der Waals surface area contributed by atoms with Gasteiger partial charge >= 0.3 is 33.5 Å². The Kier molecular flexibility index (Phi) is 57.0. The van der Waals surface area contributed by atoms with Crippen LogP contribution in [-0.2, 0) is 52.0 Å². The van der Waals surface area contributed by atoms with E-state index < -0.39 is 16.1 Å². The van der Waals surface area contributed by atoms with Gasteiger partial charge in [0.2, 0.25) is 0 Å². The van der Waals surface area contributed by atoms with Gasteiger partial charge in [0.25, 0.3) is 10.1 Å². The van der Waals surface area contributed by atoms with Crippen LogP contribution in [0.2, 0.25) is 0 Å². The predicted molar refractivity (Wildman–Crippen MR) is 211 cm³/mol. The minimum atomic E-state index is -4.00. The summed E-state index contributed by atoms with van der Waals surface area (Å²) in [4.78, 5) is 29.9. The summed E-state index contributed by atoms with van der Waals surface area (Å²) in [5, 5.41) is 8.41. The van der Waals surface area contributed by atoms with Gasteiger partial charge in [-0.1, -0.05) is 206 Å². The Morgan fingerprint density at radius 2 is 0.788 bits per heavy atom.